The Morgan fingerprint density at radius 2 is 1.97 bits per heavy atom. The summed E-state index contributed by atoms with van der Waals surface area (Å²) in [4.78, 5) is 42.9. The van der Waals surface area contributed by atoms with E-state index in [4.69, 9.17) is 9.47 Å². The van der Waals surface area contributed by atoms with Crippen molar-refractivity contribution in [3.8, 4) is 11.5 Å². The lowest BCUT2D eigenvalue weighted by Crippen LogP contribution is -2.47. The Kier molecular flexibility index (Phi) is 6.27. The minimum absolute atomic E-state index is 0.0297. The van der Waals surface area contributed by atoms with Crippen molar-refractivity contribution in [2.45, 2.75) is 12.8 Å². The molecule has 10 nitrogen and oxygen atoms in total. The molecule has 1 unspecified atom stereocenters. The highest BCUT2D eigenvalue weighted by atomic mass is 16.7. The lowest BCUT2D eigenvalue weighted by Gasteiger charge is -2.31. The monoisotopic (exact) mass is 425 g/mol. The van der Waals surface area contributed by atoms with E-state index in [2.05, 4.69) is 20.9 Å². The first-order valence-electron chi connectivity index (χ1n) is 10.0. The highest BCUT2D eigenvalue weighted by molar-refractivity contribution is 6.02. The summed E-state index contributed by atoms with van der Waals surface area (Å²) in [6.45, 7) is 1.29. The molecule has 10 heteroatoms. The highest BCUT2D eigenvalue weighted by Gasteiger charge is 2.27. The number of hydrogen-bond donors (Lipinski definition) is 3. The van der Waals surface area contributed by atoms with Gasteiger partial charge in [0.25, 0.3) is 0 Å². The molecular formula is C21H23N5O5. The smallest absolute Gasteiger partial charge is 0.325 e. The molecule has 2 aliphatic rings. The molecule has 31 heavy (non-hydrogen) atoms. The summed E-state index contributed by atoms with van der Waals surface area (Å²) in [5, 5.41) is 7.71. The average Bonchev–Trinajstić information content (AvgIpc) is 3.22. The molecule has 0 aliphatic carbocycles. The van der Waals surface area contributed by atoms with Gasteiger partial charge in [-0.05, 0) is 43.7 Å². The second kappa shape index (κ2) is 9.43. The van der Waals surface area contributed by atoms with Crippen LogP contribution < -0.4 is 25.4 Å². The Bertz CT molecular complexity index is 968. The highest BCUT2D eigenvalue weighted by Crippen LogP contribution is 2.34. The van der Waals surface area contributed by atoms with E-state index in [0.29, 0.717) is 36.1 Å². The number of amides is 4. The number of rotatable bonds is 5. The number of nitrogens with one attached hydrogen (secondary N) is 3. The van der Waals surface area contributed by atoms with Crippen LogP contribution in [0.3, 0.4) is 0 Å². The number of fused-ring (bicyclic) bond motifs is 1. The van der Waals surface area contributed by atoms with E-state index in [1.807, 2.05) is 4.90 Å². The third-order valence-electron chi connectivity index (χ3n) is 5.04. The molecule has 1 saturated heterocycles. The summed E-state index contributed by atoms with van der Waals surface area (Å²) >= 11 is 0. The van der Waals surface area contributed by atoms with E-state index in [9.17, 15) is 14.4 Å². The first-order valence-corrected chi connectivity index (χ1v) is 10.0. The number of imide groups is 1. The van der Waals surface area contributed by atoms with Crippen molar-refractivity contribution in [2.75, 3.05) is 37.1 Å². The fraction of sp³-hybridized carbons (Fsp3) is 0.333. The topological polar surface area (TPSA) is 122 Å². The number of carbonyl (C=O) groups is 3. The number of piperidine rings is 1. The quantitative estimate of drug-likeness (QED) is 0.668. The van der Waals surface area contributed by atoms with Crippen LogP contribution in [-0.4, -0.2) is 54.2 Å². The van der Waals surface area contributed by atoms with E-state index >= 15 is 0 Å². The summed E-state index contributed by atoms with van der Waals surface area (Å²) in [7, 11) is 0. The van der Waals surface area contributed by atoms with Crippen LogP contribution in [0.2, 0.25) is 0 Å². The lowest BCUT2D eigenvalue weighted by molar-refractivity contribution is -0.125. The van der Waals surface area contributed by atoms with Crippen molar-refractivity contribution >= 4 is 29.4 Å². The van der Waals surface area contributed by atoms with Gasteiger partial charge < -0.3 is 20.1 Å². The van der Waals surface area contributed by atoms with Crippen LogP contribution in [0.4, 0.5) is 16.3 Å². The molecule has 2 aromatic rings. The van der Waals surface area contributed by atoms with Gasteiger partial charge in [-0.2, -0.15) is 0 Å². The van der Waals surface area contributed by atoms with E-state index in [-0.39, 0.29) is 25.2 Å². The Balaban J connectivity index is 1.24. The molecule has 1 fully saturated rings. The van der Waals surface area contributed by atoms with Gasteiger partial charge in [-0.25, -0.2) is 9.78 Å². The van der Waals surface area contributed by atoms with E-state index in [0.717, 1.165) is 12.8 Å². The van der Waals surface area contributed by atoms with Crippen LogP contribution in [0.25, 0.3) is 0 Å². The zero-order chi connectivity index (χ0) is 21.6. The number of benzene rings is 1. The standard InChI is InChI=1S/C21H23N5O5/c27-19(25-21(29)23-15-6-7-16-17(10-15)31-13-30-16)12-26-9-3-4-14(11-26)20(28)24-18-5-1-2-8-22-18/h1-2,5-8,10,14H,3-4,9,11-13H2,(H,22,24,28)(H2,23,25,27,29). The normalized spacial score (nSPS) is 17.6. The Morgan fingerprint density at radius 3 is 2.81 bits per heavy atom. The average molecular weight is 425 g/mol. The minimum atomic E-state index is -0.634. The van der Waals surface area contributed by atoms with Gasteiger partial charge in [0.1, 0.15) is 5.82 Å². The predicted molar refractivity (Wildman–Crippen MR) is 112 cm³/mol. The fourth-order valence-electron chi connectivity index (χ4n) is 3.58. The van der Waals surface area contributed by atoms with Crippen LogP contribution in [0, 0.1) is 5.92 Å². The summed E-state index contributed by atoms with van der Waals surface area (Å²) in [6, 6.07) is 9.64. The van der Waals surface area contributed by atoms with Crippen molar-refractivity contribution in [1.82, 2.24) is 15.2 Å². The second-order valence-corrected chi connectivity index (χ2v) is 7.35. The van der Waals surface area contributed by atoms with E-state index in [1.165, 1.54) is 0 Å². The van der Waals surface area contributed by atoms with Crippen LogP contribution in [-0.2, 0) is 9.59 Å². The SMILES string of the molecule is O=C(CN1CCCC(C(=O)Nc2ccccn2)C1)NC(=O)Nc1ccc2c(c1)OCO2. The van der Waals surface area contributed by atoms with Crippen LogP contribution in [0.15, 0.2) is 42.6 Å². The van der Waals surface area contributed by atoms with Gasteiger partial charge in [-0.1, -0.05) is 6.07 Å². The van der Waals surface area contributed by atoms with Crippen LogP contribution in [0.1, 0.15) is 12.8 Å². The summed E-state index contributed by atoms with van der Waals surface area (Å²) in [6.07, 6.45) is 3.14. The molecule has 0 bridgehead atoms. The molecule has 3 heterocycles. The van der Waals surface area contributed by atoms with Gasteiger partial charge in [0, 0.05) is 24.5 Å². The number of urea groups is 1. The fourth-order valence-corrected chi connectivity index (χ4v) is 3.58. The first kappa shape index (κ1) is 20.6. The second-order valence-electron chi connectivity index (χ2n) is 7.35. The maximum atomic E-state index is 12.5. The third-order valence-corrected chi connectivity index (χ3v) is 5.04. The van der Waals surface area contributed by atoms with Crippen LogP contribution in [0.5, 0.6) is 11.5 Å². The number of anilines is 2. The number of aromatic nitrogens is 1. The number of likely N-dealkylation sites (tertiary alicyclic amines) is 1. The lowest BCUT2D eigenvalue weighted by atomic mass is 9.97. The van der Waals surface area contributed by atoms with Crippen molar-refractivity contribution in [2.24, 2.45) is 5.92 Å². The number of carbonyl (C=O) groups excluding carboxylic acids is 3. The minimum Gasteiger partial charge on any atom is -0.454 e. The maximum absolute atomic E-state index is 12.5. The molecular weight excluding hydrogens is 402 g/mol. The number of nitrogens with zero attached hydrogens (tertiary/aromatic N) is 2. The van der Waals surface area contributed by atoms with Gasteiger partial charge in [0.15, 0.2) is 11.5 Å². The third kappa shape index (κ3) is 5.48. The summed E-state index contributed by atoms with van der Waals surface area (Å²) < 4.78 is 10.5. The zero-order valence-corrected chi connectivity index (χ0v) is 16.8. The maximum Gasteiger partial charge on any atom is 0.325 e. The largest absolute Gasteiger partial charge is 0.454 e. The van der Waals surface area contributed by atoms with Gasteiger partial charge in [-0.15, -0.1) is 0 Å². The van der Waals surface area contributed by atoms with Gasteiger partial charge >= 0.3 is 6.03 Å². The van der Waals surface area contributed by atoms with Gasteiger partial charge in [0.2, 0.25) is 18.6 Å². The number of hydrogen-bond acceptors (Lipinski definition) is 7. The molecule has 3 N–H and O–H groups in total. The molecule has 4 rings (SSSR count). The van der Waals surface area contributed by atoms with Crippen molar-refractivity contribution in [1.29, 1.82) is 0 Å². The predicted octanol–water partition coefficient (Wildman–Crippen LogP) is 1.81. The Morgan fingerprint density at radius 1 is 1.10 bits per heavy atom. The summed E-state index contributed by atoms with van der Waals surface area (Å²) in [5.41, 5.74) is 0.485. The molecule has 1 aromatic carbocycles. The molecule has 0 spiro atoms. The van der Waals surface area contributed by atoms with E-state index < -0.39 is 11.9 Å². The van der Waals surface area contributed by atoms with Crippen molar-refractivity contribution in [3.05, 3.63) is 42.6 Å². The van der Waals surface area contributed by atoms with Crippen LogP contribution >= 0.6 is 0 Å². The molecule has 1 atom stereocenters. The van der Waals surface area contributed by atoms with E-state index in [1.54, 1.807) is 42.6 Å². The van der Waals surface area contributed by atoms with Gasteiger partial charge in [-0.3, -0.25) is 19.8 Å². The Labute approximate surface area is 178 Å². The van der Waals surface area contributed by atoms with Gasteiger partial charge in [0.05, 0.1) is 12.5 Å². The van der Waals surface area contributed by atoms with Crippen molar-refractivity contribution in [3.63, 3.8) is 0 Å². The first-order chi connectivity index (χ1) is 15.1. The number of pyridine rings is 1. The van der Waals surface area contributed by atoms with Crippen molar-refractivity contribution < 1.29 is 23.9 Å². The molecule has 4 amide bonds. The molecule has 2 aliphatic heterocycles. The molecule has 1 aromatic heterocycles. The molecule has 162 valence electrons. The Hall–Kier alpha value is -3.66. The molecule has 0 saturated carbocycles. The molecule has 0 radical (unpaired) electrons. The zero-order valence-electron chi connectivity index (χ0n) is 16.8. The number of ether oxygens (including phenoxy) is 2. The summed E-state index contributed by atoms with van der Waals surface area (Å²) in [5.74, 6) is 0.836.